The Labute approximate surface area is 204 Å². The second kappa shape index (κ2) is 13.5. The van der Waals surface area contributed by atoms with Crippen LogP contribution in [0, 0.1) is 0 Å². The number of alkyl halides is 2. The number of hydrogen-bond donors (Lipinski definition) is 2. The van der Waals surface area contributed by atoms with Crippen LogP contribution >= 0.6 is 24.0 Å². The molecule has 32 heavy (non-hydrogen) atoms. The summed E-state index contributed by atoms with van der Waals surface area (Å²) in [4.78, 5) is 6.65. The van der Waals surface area contributed by atoms with Crippen LogP contribution in [0.5, 0.6) is 11.5 Å². The van der Waals surface area contributed by atoms with Gasteiger partial charge in [0, 0.05) is 25.7 Å². The minimum atomic E-state index is -2.94. The molecule has 1 aromatic heterocycles. The summed E-state index contributed by atoms with van der Waals surface area (Å²) < 4.78 is 41.7. The number of likely N-dealkylation sites (tertiary alicyclic amines) is 1. The molecule has 10 heteroatoms. The highest BCUT2D eigenvalue weighted by Crippen LogP contribution is 2.32. The van der Waals surface area contributed by atoms with Crippen LogP contribution in [0.3, 0.4) is 0 Å². The van der Waals surface area contributed by atoms with Gasteiger partial charge in [-0.3, -0.25) is 9.89 Å². The fraction of sp³-hybridized carbons (Fsp3) is 0.500. The summed E-state index contributed by atoms with van der Waals surface area (Å²) in [5, 5.41) is 6.49. The van der Waals surface area contributed by atoms with Crippen molar-refractivity contribution in [3.05, 3.63) is 47.9 Å². The van der Waals surface area contributed by atoms with Gasteiger partial charge in [0.1, 0.15) is 5.76 Å². The van der Waals surface area contributed by atoms with Crippen molar-refractivity contribution in [2.24, 2.45) is 4.99 Å². The van der Waals surface area contributed by atoms with Crippen LogP contribution in [-0.2, 0) is 6.54 Å². The molecular formula is C22H31F2IN4O3. The van der Waals surface area contributed by atoms with E-state index < -0.39 is 6.61 Å². The molecule has 1 aliphatic rings. The Bertz CT molecular complexity index is 831. The highest BCUT2D eigenvalue weighted by Gasteiger charge is 2.25. The Balaban J connectivity index is 0.00000363. The van der Waals surface area contributed by atoms with E-state index >= 15 is 0 Å². The standard InChI is InChI=1S/C22H30F2N4O3.HI/c1-3-29-19-9-6-8-16(20(19)31-21(23)24)14-26-22(25-2)27-15-17(18-10-7-13-30-18)28-11-4-5-12-28;/h6-10,13,17,21H,3-5,11-12,14-15H2,1-2H3,(H2,25,26,27);1H. The van der Waals surface area contributed by atoms with E-state index in [-0.39, 0.29) is 48.1 Å². The number of aliphatic imine (C=N–C) groups is 1. The van der Waals surface area contributed by atoms with Crippen LogP contribution in [-0.4, -0.2) is 50.8 Å². The number of para-hydroxylation sites is 1. The molecule has 0 amide bonds. The van der Waals surface area contributed by atoms with Gasteiger partial charge in [-0.15, -0.1) is 24.0 Å². The van der Waals surface area contributed by atoms with E-state index in [0.29, 0.717) is 24.7 Å². The van der Waals surface area contributed by atoms with Crippen molar-refractivity contribution in [2.45, 2.75) is 39.0 Å². The maximum atomic E-state index is 12.9. The van der Waals surface area contributed by atoms with Crippen LogP contribution in [0.1, 0.15) is 37.1 Å². The molecule has 2 heterocycles. The van der Waals surface area contributed by atoms with Gasteiger partial charge in [-0.05, 0) is 51.1 Å². The Morgan fingerprint density at radius 1 is 1.19 bits per heavy atom. The summed E-state index contributed by atoms with van der Waals surface area (Å²) >= 11 is 0. The van der Waals surface area contributed by atoms with Crippen LogP contribution in [0.2, 0.25) is 0 Å². The van der Waals surface area contributed by atoms with Crippen molar-refractivity contribution in [3.8, 4) is 11.5 Å². The monoisotopic (exact) mass is 564 g/mol. The zero-order valence-electron chi connectivity index (χ0n) is 18.4. The third-order valence-corrected chi connectivity index (χ3v) is 5.15. The molecule has 0 spiro atoms. The zero-order valence-corrected chi connectivity index (χ0v) is 20.7. The molecule has 1 unspecified atom stereocenters. The van der Waals surface area contributed by atoms with Gasteiger partial charge in [-0.25, -0.2) is 0 Å². The first-order valence-corrected chi connectivity index (χ1v) is 10.5. The lowest BCUT2D eigenvalue weighted by Crippen LogP contribution is -2.42. The number of rotatable bonds is 10. The first kappa shape index (κ1) is 26.2. The number of benzene rings is 1. The predicted molar refractivity (Wildman–Crippen MR) is 130 cm³/mol. The van der Waals surface area contributed by atoms with Crippen molar-refractivity contribution in [1.82, 2.24) is 15.5 Å². The fourth-order valence-electron chi connectivity index (χ4n) is 3.73. The fourth-order valence-corrected chi connectivity index (χ4v) is 3.73. The minimum Gasteiger partial charge on any atom is -0.490 e. The molecule has 1 saturated heterocycles. The Morgan fingerprint density at radius 3 is 2.59 bits per heavy atom. The lowest BCUT2D eigenvalue weighted by molar-refractivity contribution is -0.0520. The summed E-state index contributed by atoms with van der Waals surface area (Å²) in [5.74, 6) is 1.78. The van der Waals surface area contributed by atoms with Gasteiger partial charge in [0.15, 0.2) is 17.5 Å². The topological polar surface area (TPSA) is 71.3 Å². The second-order valence-electron chi connectivity index (χ2n) is 7.14. The molecule has 0 radical (unpaired) electrons. The molecule has 0 bridgehead atoms. The molecule has 7 nitrogen and oxygen atoms in total. The minimum absolute atomic E-state index is 0. The van der Waals surface area contributed by atoms with Gasteiger partial charge >= 0.3 is 6.61 Å². The molecular weight excluding hydrogens is 533 g/mol. The number of ether oxygens (including phenoxy) is 2. The molecule has 1 aliphatic heterocycles. The van der Waals surface area contributed by atoms with Gasteiger partial charge < -0.3 is 24.5 Å². The smallest absolute Gasteiger partial charge is 0.387 e. The van der Waals surface area contributed by atoms with E-state index in [0.717, 1.165) is 18.8 Å². The van der Waals surface area contributed by atoms with Gasteiger partial charge in [0.05, 0.1) is 18.9 Å². The molecule has 1 atom stereocenters. The molecule has 3 rings (SSSR count). The highest BCUT2D eigenvalue weighted by molar-refractivity contribution is 14.0. The third kappa shape index (κ3) is 7.22. The lowest BCUT2D eigenvalue weighted by Gasteiger charge is -2.26. The van der Waals surface area contributed by atoms with Crippen molar-refractivity contribution in [3.63, 3.8) is 0 Å². The van der Waals surface area contributed by atoms with Crippen LogP contribution in [0.25, 0.3) is 0 Å². The summed E-state index contributed by atoms with van der Waals surface area (Å²) in [6, 6.07) is 9.04. The predicted octanol–water partition coefficient (Wildman–Crippen LogP) is 4.40. The molecule has 1 fully saturated rings. The number of halogens is 3. The number of hydrogen-bond acceptors (Lipinski definition) is 5. The Morgan fingerprint density at radius 2 is 1.97 bits per heavy atom. The van der Waals surface area contributed by atoms with Crippen molar-refractivity contribution >= 4 is 29.9 Å². The zero-order chi connectivity index (χ0) is 22.1. The maximum absolute atomic E-state index is 12.9. The Hall–Kier alpha value is -2.08. The average molecular weight is 564 g/mol. The number of nitrogens with one attached hydrogen (secondary N) is 2. The van der Waals surface area contributed by atoms with E-state index in [1.54, 1.807) is 38.4 Å². The van der Waals surface area contributed by atoms with Crippen LogP contribution < -0.4 is 20.1 Å². The Kier molecular flexibility index (Phi) is 11.0. The van der Waals surface area contributed by atoms with Crippen LogP contribution in [0.4, 0.5) is 8.78 Å². The van der Waals surface area contributed by atoms with Crippen molar-refractivity contribution in [1.29, 1.82) is 0 Å². The summed E-state index contributed by atoms with van der Waals surface area (Å²) in [6.07, 6.45) is 4.03. The van der Waals surface area contributed by atoms with E-state index in [4.69, 9.17) is 13.9 Å². The normalized spacial score (nSPS) is 15.3. The second-order valence-corrected chi connectivity index (χ2v) is 7.14. The third-order valence-electron chi connectivity index (χ3n) is 5.15. The highest BCUT2D eigenvalue weighted by atomic mass is 127. The van der Waals surface area contributed by atoms with Gasteiger partial charge in [-0.1, -0.05) is 12.1 Å². The molecule has 2 N–H and O–H groups in total. The summed E-state index contributed by atoms with van der Waals surface area (Å²) in [7, 11) is 1.67. The quantitative estimate of drug-likeness (QED) is 0.254. The van der Waals surface area contributed by atoms with Crippen molar-refractivity contribution < 1.29 is 22.7 Å². The number of nitrogens with zero attached hydrogens (tertiary/aromatic N) is 2. The van der Waals surface area contributed by atoms with Gasteiger partial charge in [0.25, 0.3) is 0 Å². The number of furan rings is 1. The van der Waals surface area contributed by atoms with E-state index in [9.17, 15) is 8.78 Å². The summed E-state index contributed by atoms with van der Waals surface area (Å²) in [5.41, 5.74) is 0.552. The van der Waals surface area contributed by atoms with Gasteiger partial charge in [0.2, 0.25) is 0 Å². The maximum Gasteiger partial charge on any atom is 0.387 e. The first-order valence-electron chi connectivity index (χ1n) is 10.5. The molecule has 0 saturated carbocycles. The van der Waals surface area contributed by atoms with E-state index in [1.807, 2.05) is 12.1 Å². The van der Waals surface area contributed by atoms with Crippen molar-refractivity contribution in [2.75, 3.05) is 33.3 Å². The molecule has 1 aromatic carbocycles. The SMILES string of the molecule is CCOc1cccc(CNC(=NC)NCC(c2ccco2)N2CCCC2)c1OC(F)F.I. The molecule has 0 aliphatic carbocycles. The van der Waals surface area contributed by atoms with E-state index in [1.165, 1.54) is 12.8 Å². The van der Waals surface area contributed by atoms with Gasteiger partial charge in [-0.2, -0.15) is 8.78 Å². The summed E-state index contributed by atoms with van der Waals surface area (Å²) in [6.45, 7) is 2.11. The average Bonchev–Trinajstić information content (AvgIpc) is 3.47. The lowest BCUT2D eigenvalue weighted by atomic mass is 10.2. The largest absolute Gasteiger partial charge is 0.490 e. The van der Waals surface area contributed by atoms with E-state index in [2.05, 4.69) is 20.5 Å². The molecule has 2 aromatic rings. The number of guanidine groups is 1. The van der Waals surface area contributed by atoms with Crippen LogP contribution in [0.15, 0.2) is 46.0 Å². The first-order chi connectivity index (χ1) is 15.1. The molecule has 178 valence electrons.